The van der Waals surface area contributed by atoms with Crippen molar-refractivity contribution in [2.45, 2.75) is 38.2 Å². The second-order valence-electron chi connectivity index (χ2n) is 6.22. The molecule has 2 aliphatic carbocycles. The Morgan fingerprint density at radius 1 is 1.22 bits per heavy atom. The lowest BCUT2D eigenvalue weighted by Gasteiger charge is -2.33. The van der Waals surface area contributed by atoms with E-state index in [0.717, 1.165) is 30.2 Å². The SMILES string of the molecule is O=C1C2=CC(CCC2)C(=O)N1c1cc(OC2CC2)c(Cl)cc1F. The molecule has 1 aromatic rings. The average molecular weight is 336 g/mol. The summed E-state index contributed by atoms with van der Waals surface area (Å²) in [4.78, 5) is 26.0. The van der Waals surface area contributed by atoms with Crippen LogP contribution >= 0.6 is 11.6 Å². The van der Waals surface area contributed by atoms with Crippen LogP contribution in [0.5, 0.6) is 5.75 Å². The van der Waals surface area contributed by atoms with Gasteiger partial charge in [-0.05, 0) is 38.2 Å². The lowest BCUT2D eigenvalue weighted by Crippen LogP contribution is -2.46. The predicted octanol–water partition coefficient (Wildman–Crippen LogP) is 3.62. The van der Waals surface area contributed by atoms with Crippen LogP contribution in [0.15, 0.2) is 23.8 Å². The van der Waals surface area contributed by atoms with Crippen molar-refractivity contribution in [3.63, 3.8) is 0 Å². The monoisotopic (exact) mass is 335 g/mol. The minimum absolute atomic E-state index is 0.0717. The summed E-state index contributed by atoms with van der Waals surface area (Å²) in [7, 11) is 0. The van der Waals surface area contributed by atoms with Gasteiger partial charge in [0.1, 0.15) is 11.6 Å². The van der Waals surface area contributed by atoms with Gasteiger partial charge in [0.25, 0.3) is 5.91 Å². The highest BCUT2D eigenvalue weighted by molar-refractivity contribution is 6.32. The van der Waals surface area contributed by atoms with E-state index < -0.39 is 11.7 Å². The number of ether oxygens (including phenoxy) is 1. The number of benzene rings is 1. The molecule has 3 aliphatic rings. The molecule has 23 heavy (non-hydrogen) atoms. The Balaban J connectivity index is 1.75. The van der Waals surface area contributed by atoms with Crippen molar-refractivity contribution < 1.29 is 18.7 Å². The van der Waals surface area contributed by atoms with Gasteiger partial charge in [0.2, 0.25) is 5.91 Å². The fourth-order valence-corrected chi connectivity index (χ4v) is 3.27. The molecule has 1 aliphatic heterocycles. The highest BCUT2D eigenvalue weighted by atomic mass is 35.5. The van der Waals surface area contributed by atoms with E-state index in [0.29, 0.717) is 24.2 Å². The van der Waals surface area contributed by atoms with Crippen molar-refractivity contribution in [1.82, 2.24) is 0 Å². The largest absolute Gasteiger partial charge is 0.489 e. The molecule has 4 rings (SSSR count). The number of carbonyl (C=O) groups excluding carboxylic acids is 2. The maximum Gasteiger partial charge on any atom is 0.260 e. The van der Waals surface area contributed by atoms with Crippen LogP contribution in [0.1, 0.15) is 32.1 Å². The van der Waals surface area contributed by atoms with Crippen LogP contribution in [0, 0.1) is 11.7 Å². The molecule has 4 nitrogen and oxygen atoms in total. The third-order valence-corrected chi connectivity index (χ3v) is 4.73. The number of carbonyl (C=O) groups is 2. The molecule has 0 spiro atoms. The third-order valence-electron chi connectivity index (χ3n) is 4.44. The second kappa shape index (κ2) is 5.34. The molecule has 1 saturated carbocycles. The fraction of sp³-hybridized carbons (Fsp3) is 0.412. The number of hydrogen-bond acceptors (Lipinski definition) is 3. The van der Waals surface area contributed by atoms with Gasteiger partial charge in [-0.1, -0.05) is 17.7 Å². The van der Waals surface area contributed by atoms with Crippen molar-refractivity contribution in [2.75, 3.05) is 4.90 Å². The molecule has 1 unspecified atom stereocenters. The van der Waals surface area contributed by atoms with Gasteiger partial charge in [0, 0.05) is 11.6 Å². The van der Waals surface area contributed by atoms with Crippen LogP contribution in [0.3, 0.4) is 0 Å². The minimum Gasteiger partial charge on any atom is -0.489 e. The summed E-state index contributed by atoms with van der Waals surface area (Å²) >= 11 is 6.02. The number of halogens is 2. The van der Waals surface area contributed by atoms with Gasteiger partial charge in [0.05, 0.1) is 22.7 Å². The highest BCUT2D eigenvalue weighted by Gasteiger charge is 2.39. The summed E-state index contributed by atoms with van der Waals surface area (Å²) < 4.78 is 20.0. The molecule has 1 aromatic carbocycles. The van der Waals surface area contributed by atoms with Crippen molar-refractivity contribution >= 4 is 29.1 Å². The van der Waals surface area contributed by atoms with Gasteiger partial charge in [-0.25, -0.2) is 9.29 Å². The predicted molar refractivity (Wildman–Crippen MR) is 83.0 cm³/mol. The number of amides is 2. The standard InChI is InChI=1S/C17H15ClFNO3/c18-12-7-13(19)14(8-15(12)23-11-4-5-11)20-16(21)9-2-1-3-10(6-9)17(20)22/h6-9,11H,1-5H2. The molecule has 6 heteroatoms. The molecule has 0 aromatic heterocycles. The van der Waals surface area contributed by atoms with Crippen molar-refractivity contribution in [2.24, 2.45) is 5.92 Å². The maximum absolute atomic E-state index is 14.4. The van der Waals surface area contributed by atoms with Crippen LogP contribution in [0.2, 0.25) is 5.02 Å². The van der Waals surface area contributed by atoms with Crippen LogP contribution < -0.4 is 9.64 Å². The summed E-state index contributed by atoms with van der Waals surface area (Å²) in [6, 6.07) is 2.47. The van der Waals surface area contributed by atoms with Crippen LogP contribution in [0.4, 0.5) is 10.1 Å². The summed E-state index contributed by atoms with van der Waals surface area (Å²) in [6.45, 7) is 0. The molecular weight excluding hydrogens is 321 g/mol. The summed E-state index contributed by atoms with van der Waals surface area (Å²) in [5.74, 6) is -1.54. The number of anilines is 1. The Morgan fingerprint density at radius 3 is 2.74 bits per heavy atom. The molecule has 0 N–H and O–H groups in total. The lowest BCUT2D eigenvalue weighted by molar-refractivity contribution is -0.128. The van der Waals surface area contributed by atoms with Crippen molar-refractivity contribution in [3.8, 4) is 5.75 Å². The zero-order chi connectivity index (χ0) is 16.1. The minimum atomic E-state index is -0.694. The number of nitrogens with zero attached hydrogens (tertiary/aromatic N) is 1. The third kappa shape index (κ3) is 2.53. The number of imide groups is 1. The van der Waals surface area contributed by atoms with E-state index in [4.69, 9.17) is 16.3 Å². The Kier molecular flexibility index (Phi) is 3.41. The van der Waals surface area contributed by atoms with Crippen LogP contribution in [-0.4, -0.2) is 17.9 Å². The van der Waals surface area contributed by atoms with E-state index in [1.54, 1.807) is 6.08 Å². The fourth-order valence-electron chi connectivity index (χ4n) is 3.08. The maximum atomic E-state index is 14.4. The van der Waals surface area contributed by atoms with E-state index in [1.165, 1.54) is 6.07 Å². The molecular formula is C17H15ClFNO3. The van der Waals surface area contributed by atoms with Crippen LogP contribution in [-0.2, 0) is 9.59 Å². The molecule has 2 bridgehead atoms. The van der Waals surface area contributed by atoms with Gasteiger partial charge >= 0.3 is 0 Å². The number of fused-ring (bicyclic) bond motifs is 1. The van der Waals surface area contributed by atoms with E-state index in [-0.39, 0.29) is 28.6 Å². The van der Waals surface area contributed by atoms with Crippen LogP contribution in [0.25, 0.3) is 0 Å². The molecule has 120 valence electrons. The number of rotatable bonds is 3. The first kappa shape index (κ1) is 14.7. The van der Waals surface area contributed by atoms with Crippen molar-refractivity contribution in [1.29, 1.82) is 0 Å². The molecule has 2 amide bonds. The number of hydrogen-bond donors (Lipinski definition) is 0. The first-order chi connectivity index (χ1) is 11.0. The quantitative estimate of drug-likeness (QED) is 0.793. The Hall–Kier alpha value is -1.88. The van der Waals surface area contributed by atoms with Gasteiger partial charge in [-0.3, -0.25) is 9.59 Å². The summed E-state index contributed by atoms with van der Waals surface area (Å²) in [5, 5.41) is 0.148. The average Bonchev–Trinajstić information content (AvgIpc) is 3.34. The molecule has 1 atom stereocenters. The second-order valence-corrected chi connectivity index (χ2v) is 6.63. The van der Waals surface area contributed by atoms with E-state index >= 15 is 0 Å². The molecule has 1 heterocycles. The van der Waals surface area contributed by atoms with E-state index in [9.17, 15) is 14.0 Å². The first-order valence-corrected chi connectivity index (χ1v) is 8.17. The molecule has 1 fully saturated rings. The smallest absolute Gasteiger partial charge is 0.260 e. The highest BCUT2D eigenvalue weighted by Crippen LogP contribution is 2.39. The topological polar surface area (TPSA) is 46.6 Å². The zero-order valence-corrected chi connectivity index (χ0v) is 13.1. The Bertz CT molecular complexity index is 742. The summed E-state index contributed by atoms with van der Waals surface area (Å²) in [5.41, 5.74) is 0.511. The van der Waals surface area contributed by atoms with Crippen molar-refractivity contribution in [3.05, 3.63) is 34.6 Å². The normalized spacial score (nSPS) is 23.8. The van der Waals surface area contributed by atoms with Gasteiger partial charge < -0.3 is 4.74 Å². The first-order valence-electron chi connectivity index (χ1n) is 7.79. The lowest BCUT2D eigenvalue weighted by atomic mass is 9.85. The van der Waals surface area contributed by atoms with E-state index in [1.807, 2.05) is 0 Å². The van der Waals surface area contributed by atoms with Gasteiger partial charge in [-0.2, -0.15) is 0 Å². The van der Waals surface area contributed by atoms with E-state index in [2.05, 4.69) is 0 Å². The molecule has 0 saturated heterocycles. The molecule has 0 radical (unpaired) electrons. The van der Waals surface area contributed by atoms with Gasteiger partial charge in [0.15, 0.2) is 0 Å². The van der Waals surface area contributed by atoms with Gasteiger partial charge in [-0.15, -0.1) is 0 Å². The summed E-state index contributed by atoms with van der Waals surface area (Å²) in [6.07, 6.45) is 5.79. The Labute approximate surface area is 137 Å². The zero-order valence-electron chi connectivity index (χ0n) is 12.4. The Morgan fingerprint density at radius 2 is 2.00 bits per heavy atom.